The highest BCUT2D eigenvalue weighted by Crippen LogP contribution is 2.40. The van der Waals surface area contributed by atoms with Crippen molar-refractivity contribution < 1.29 is 19.1 Å². The molecular formula is C24H29N3O5. The summed E-state index contributed by atoms with van der Waals surface area (Å²) in [5.74, 6) is 0.345. The number of cyclic esters (lactones) is 1. The summed E-state index contributed by atoms with van der Waals surface area (Å²) in [6.07, 6.45) is 0.664. The van der Waals surface area contributed by atoms with E-state index >= 15 is 0 Å². The van der Waals surface area contributed by atoms with Crippen molar-refractivity contribution in [2.75, 3.05) is 20.2 Å². The molecule has 1 aromatic carbocycles. The fourth-order valence-electron chi connectivity index (χ4n) is 4.86. The maximum atomic E-state index is 13.2. The lowest BCUT2D eigenvalue weighted by Gasteiger charge is -2.18. The van der Waals surface area contributed by atoms with Crippen LogP contribution in [0.5, 0.6) is 5.75 Å². The third kappa shape index (κ3) is 4.54. The number of likely N-dealkylation sites (tertiary alicyclic amines) is 1. The van der Waals surface area contributed by atoms with Crippen molar-refractivity contribution in [3.05, 3.63) is 57.8 Å². The van der Waals surface area contributed by atoms with E-state index in [0.29, 0.717) is 31.0 Å². The molecule has 3 heterocycles. The second-order valence-corrected chi connectivity index (χ2v) is 9.33. The number of esters is 1. The van der Waals surface area contributed by atoms with Crippen LogP contribution in [0, 0.1) is 12.8 Å². The second-order valence-electron chi connectivity index (χ2n) is 9.33. The first-order valence-corrected chi connectivity index (χ1v) is 10.9. The fraction of sp³-hybridized carbons (Fsp3) is 0.500. The molecule has 0 spiro atoms. The number of carbonyl (C=O) groups is 2. The van der Waals surface area contributed by atoms with Gasteiger partial charge >= 0.3 is 5.97 Å². The van der Waals surface area contributed by atoms with E-state index < -0.39 is 11.5 Å². The number of ether oxygens (including phenoxy) is 2. The Labute approximate surface area is 186 Å². The Hall–Kier alpha value is -3.16. The lowest BCUT2D eigenvalue weighted by molar-refractivity contribution is -0.150. The molecule has 2 aromatic rings. The SMILES string of the molecule is COc1ccc([C@@H]2CN(C(=O)CC3CC(C)(C)OC3=O)C[C@H]2c2cc(=O)[nH]c(C)n2)cc1. The highest BCUT2D eigenvalue weighted by molar-refractivity contribution is 5.84. The zero-order valence-electron chi connectivity index (χ0n) is 18.9. The van der Waals surface area contributed by atoms with Crippen molar-refractivity contribution in [1.29, 1.82) is 0 Å². The van der Waals surface area contributed by atoms with E-state index in [0.717, 1.165) is 11.3 Å². The van der Waals surface area contributed by atoms with Gasteiger partial charge in [-0.3, -0.25) is 14.4 Å². The Morgan fingerprint density at radius 3 is 2.50 bits per heavy atom. The summed E-state index contributed by atoms with van der Waals surface area (Å²) in [4.78, 5) is 46.5. The number of amides is 1. The normalized spacial score (nSPS) is 24.4. The van der Waals surface area contributed by atoms with Gasteiger partial charge in [0.25, 0.3) is 5.56 Å². The Morgan fingerprint density at radius 1 is 1.22 bits per heavy atom. The minimum Gasteiger partial charge on any atom is -0.497 e. The van der Waals surface area contributed by atoms with Gasteiger partial charge in [-0.05, 0) is 38.5 Å². The van der Waals surface area contributed by atoms with E-state index in [1.54, 1.807) is 18.9 Å². The van der Waals surface area contributed by atoms with Crippen molar-refractivity contribution in [2.45, 2.75) is 51.0 Å². The number of H-pyrrole nitrogens is 1. The van der Waals surface area contributed by atoms with E-state index in [-0.39, 0.29) is 35.7 Å². The number of rotatable bonds is 5. The molecule has 4 rings (SSSR count). The molecule has 2 fully saturated rings. The average molecular weight is 440 g/mol. The van der Waals surface area contributed by atoms with E-state index in [9.17, 15) is 14.4 Å². The molecule has 32 heavy (non-hydrogen) atoms. The second kappa shape index (κ2) is 8.41. The fourth-order valence-corrected chi connectivity index (χ4v) is 4.86. The Bertz CT molecular complexity index is 1080. The van der Waals surface area contributed by atoms with Gasteiger partial charge in [0.1, 0.15) is 17.2 Å². The summed E-state index contributed by atoms with van der Waals surface area (Å²) >= 11 is 0. The van der Waals surface area contributed by atoms with E-state index in [4.69, 9.17) is 9.47 Å². The highest BCUT2D eigenvalue weighted by Gasteiger charge is 2.43. The van der Waals surface area contributed by atoms with Crippen LogP contribution in [0.3, 0.4) is 0 Å². The zero-order chi connectivity index (χ0) is 23.0. The van der Waals surface area contributed by atoms with Crippen LogP contribution in [0.15, 0.2) is 35.1 Å². The first kappa shape index (κ1) is 22.0. The minimum atomic E-state index is -0.534. The number of aromatic nitrogens is 2. The van der Waals surface area contributed by atoms with E-state index in [1.807, 2.05) is 38.1 Å². The molecule has 1 unspecified atom stereocenters. The molecule has 0 radical (unpaired) electrons. The van der Waals surface area contributed by atoms with Crippen LogP contribution in [-0.2, 0) is 14.3 Å². The van der Waals surface area contributed by atoms with Crippen molar-refractivity contribution in [3.8, 4) is 5.75 Å². The van der Waals surface area contributed by atoms with Crippen LogP contribution in [-0.4, -0.2) is 52.5 Å². The van der Waals surface area contributed by atoms with Crippen molar-refractivity contribution in [1.82, 2.24) is 14.9 Å². The molecule has 0 saturated carbocycles. The van der Waals surface area contributed by atoms with Gasteiger partial charge in [0.2, 0.25) is 5.91 Å². The molecule has 1 aromatic heterocycles. The minimum absolute atomic E-state index is 0.0227. The predicted molar refractivity (Wildman–Crippen MR) is 118 cm³/mol. The van der Waals surface area contributed by atoms with Gasteiger partial charge in [-0.25, -0.2) is 4.98 Å². The molecule has 1 N–H and O–H groups in total. The molecule has 0 aliphatic carbocycles. The molecular weight excluding hydrogens is 410 g/mol. The van der Waals surface area contributed by atoms with Gasteiger partial charge in [-0.15, -0.1) is 0 Å². The molecule has 2 aliphatic rings. The summed E-state index contributed by atoms with van der Waals surface area (Å²) in [7, 11) is 1.62. The molecule has 1 amide bonds. The number of carbonyl (C=O) groups excluding carboxylic acids is 2. The Balaban J connectivity index is 1.59. The topological polar surface area (TPSA) is 102 Å². The number of nitrogens with zero attached hydrogens (tertiary/aromatic N) is 2. The third-order valence-corrected chi connectivity index (χ3v) is 6.35. The van der Waals surface area contributed by atoms with Crippen LogP contribution in [0.1, 0.15) is 55.6 Å². The third-order valence-electron chi connectivity index (χ3n) is 6.35. The number of aromatic amines is 1. The van der Waals surface area contributed by atoms with Crippen LogP contribution in [0.2, 0.25) is 0 Å². The van der Waals surface area contributed by atoms with Gasteiger partial charge in [-0.1, -0.05) is 12.1 Å². The first-order valence-electron chi connectivity index (χ1n) is 10.9. The van der Waals surface area contributed by atoms with Gasteiger partial charge in [-0.2, -0.15) is 0 Å². The summed E-state index contributed by atoms with van der Waals surface area (Å²) in [5.41, 5.74) is 0.978. The van der Waals surface area contributed by atoms with Crippen LogP contribution in [0.4, 0.5) is 0 Å². The molecule has 2 aliphatic heterocycles. The predicted octanol–water partition coefficient (Wildman–Crippen LogP) is 2.53. The number of benzene rings is 1. The summed E-state index contributed by atoms with van der Waals surface area (Å²) in [5, 5.41) is 0. The maximum Gasteiger partial charge on any atom is 0.310 e. The largest absolute Gasteiger partial charge is 0.497 e. The molecule has 170 valence electrons. The highest BCUT2D eigenvalue weighted by atomic mass is 16.6. The van der Waals surface area contributed by atoms with Gasteiger partial charge in [0.15, 0.2) is 0 Å². The number of hydrogen-bond donors (Lipinski definition) is 1. The number of aryl methyl sites for hydroxylation is 1. The molecule has 8 nitrogen and oxygen atoms in total. The smallest absolute Gasteiger partial charge is 0.310 e. The monoisotopic (exact) mass is 439 g/mol. The molecule has 2 saturated heterocycles. The summed E-state index contributed by atoms with van der Waals surface area (Å²) in [6.45, 7) is 6.41. The summed E-state index contributed by atoms with van der Waals surface area (Å²) < 4.78 is 10.7. The maximum absolute atomic E-state index is 13.2. The lowest BCUT2D eigenvalue weighted by Crippen LogP contribution is -2.31. The average Bonchev–Trinajstić information content (AvgIpc) is 3.28. The molecule has 0 bridgehead atoms. The van der Waals surface area contributed by atoms with Crippen LogP contribution < -0.4 is 10.3 Å². The van der Waals surface area contributed by atoms with Crippen LogP contribution in [0.25, 0.3) is 0 Å². The quantitative estimate of drug-likeness (QED) is 0.719. The van der Waals surface area contributed by atoms with Crippen molar-refractivity contribution in [3.63, 3.8) is 0 Å². The van der Waals surface area contributed by atoms with Crippen molar-refractivity contribution >= 4 is 11.9 Å². The first-order chi connectivity index (χ1) is 15.1. The molecule has 3 atom stereocenters. The zero-order valence-corrected chi connectivity index (χ0v) is 18.9. The number of hydrogen-bond acceptors (Lipinski definition) is 6. The summed E-state index contributed by atoms with van der Waals surface area (Å²) in [6, 6.07) is 9.27. The Kier molecular flexibility index (Phi) is 5.79. The standard InChI is InChI=1S/C24H29N3O5/c1-14-25-20(10-21(28)26-14)19-13-27(12-18(19)15-5-7-17(31-4)8-6-15)22(29)9-16-11-24(2,3)32-23(16)30/h5-8,10,16,18-19H,9,11-13H2,1-4H3,(H,25,26,28)/t16?,18-,19+/m0/s1. The van der Waals surface area contributed by atoms with Crippen molar-refractivity contribution in [2.24, 2.45) is 5.92 Å². The van der Waals surface area contributed by atoms with Gasteiger partial charge in [0.05, 0.1) is 18.7 Å². The lowest BCUT2D eigenvalue weighted by atomic mass is 9.86. The van der Waals surface area contributed by atoms with E-state index in [2.05, 4.69) is 9.97 Å². The van der Waals surface area contributed by atoms with Crippen LogP contribution >= 0.6 is 0 Å². The number of methoxy groups -OCH3 is 1. The van der Waals surface area contributed by atoms with E-state index in [1.165, 1.54) is 6.07 Å². The van der Waals surface area contributed by atoms with Gasteiger partial charge < -0.3 is 19.4 Å². The Morgan fingerprint density at radius 2 is 1.91 bits per heavy atom. The van der Waals surface area contributed by atoms with Gasteiger partial charge in [0, 0.05) is 43.8 Å². The number of nitrogens with one attached hydrogen (secondary N) is 1. The molecule has 8 heteroatoms.